The maximum atomic E-state index is 14.2. The van der Waals surface area contributed by atoms with Crippen LogP contribution in [0.3, 0.4) is 0 Å². The van der Waals surface area contributed by atoms with Crippen molar-refractivity contribution in [2.45, 2.75) is 78.7 Å². The van der Waals surface area contributed by atoms with Gasteiger partial charge in [0.1, 0.15) is 11.3 Å². The second-order valence-corrected chi connectivity index (χ2v) is 11.9. The Labute approximate surface area is 247 Å². The van der Waals surface area contributed by atoms with Crippen LogP contribution in [0, 0.1) is 6.92 Å². The van der Waals surface area contributed by atoms with Crippen LogP contribution in [0.2, 0.25) is 0 Å². The van der Waals surface area contributed by atoms with Crippen LogP contribution in [0.5, 0.6) is 0 Å². The quantitative estimate of drug-likeness (QED) is 0.337. The Hall–Kier alpha value is -4.14. The van der Waals surface area contributed by atoms with Crippen LogP contribution in [0.4, 0.5) is 16.2 Å². The van der Waals surface area contributed by atoms with Gasteiger partial charge < -0.3 is 14.4 Å². The average Bonchev–Trinajstić information content (AvgIpc) is 3.39. The number of carbonyl (C=O) groups excluding carboxylic acids is 3. The zero-order chi connectivity index (χ0) is 30.4. The van der Waals surface area contributed by atoms with Gasteiger partial charge in [-0.15, -0.1) is 0 Å². The Bertz CT molecular complexity index is 1530. The number of aryl methyl sites for hydroxylation is 1. The number of esters is 1. The Balaban J connectivity index is 0.00000173. The zero-order valence-corrected chi connectivity index (χ0v) is 25.6. The van der Waals surface area contributed by atoms with E-state index in [-0.39, 0.29) is 29.7 Å². The van der Waals surface area contributed by atoms with Gasteiger partial charge in [-0.3, -0.25) is 9.69 Å². The fourth-order valence-corrected chi connectivity index (χ4v) is 5.75. The molecule has 2 aliphatic heterocycles. The number of amides is 2. The first-order valence-corrected chi connectivity index (χ1v) is 14.8. The van der Waals surface area contributed by atoms with Crippen LogP contribution in [0.15, 0.2) is 42.5 Å². The summed E-state index contributed by atoms with van der Waals surface area (Å²) in [5, 5.41) is 4.73. The molecular formula is C33H40N4O5. The lowest BCUT2D eigenvalue weighted by Gasteiger charge is -2.33. The Morgan fingerprint density at radius 3 is 2.31 bits per heavy atom. The fraction of sp³-hybridized carbons (Fsp3) is 0.455. The van der Waals surface area contributed by atoms with Gasteiger partial charge in [0.15, 0.2) is 5.69 Å². The van der Waals surface area contributed by atoms with Gasteiger partial charge in [0.25, 0.3) is 5.91 Å². The molecule has 222 valence electrons. The lowest BCUT2D eigenvalue weighted by molar-refractivity contribution is 0.0515. The molecule has 1 aliphatic carbocycles. The maximum Gasteiger partial charge on any atom is 0.414 e. The van der Waals surface area contributed by atoms with Gasteiger partial charge in [-0.05, 0) is 89.8 Å². The summed E-state index contributed by atoms with van der Waals surface area (Å²) in [6.45, 7) is 14.5. The first kappa shape index (κ1) is 29.4. The molecule has 2 amide bonds. The van der Waals surface area contributed by atoms with Gasteiger partial charge in [0, 0.05) is 29.8 Å². The predicted octanol–water partition coefficient (Wildman–Crippen LogP) is 6.37. The van der Waals surface area contributed by atoms with Crippen molar-refractivity contribution in [2.75, 3.05) is 29.5 Å². The number of carbonyl (C=O) groups is 3. The molecule has 42 heavy (non-hydrogen) atoms. The highest BCUT2D eigenvalue weighted by molar-refractivity contribution is 6.10. The third kappa shape index (κ3) is 5.16. The Morgan fingerprint density at radius 2 is 1.69 bits per heavy atom. The van der Waals surface area contributed by atoms with Crippen LogP contribution in [0.1, 0.15) is 92.1 Å². The molecule has 1 saturated carbocycles. The zero-order valence-electron chi connectivity index (χ0n) is 25.6. The van der Waals surface area contributed by atoms with E-state index in [4.69, 9.17) is 14.6 Å². The standard InChI is InChI=1S/C31H34N4O5.C2H6/c1-6-39-28(37)25-24-26(27(36)34(18-31(24)14-15-31)21-9-7-19(2)8-10-21)35(32-25)22-11-12-23-20(17-22)13-16-33(23)29(38)40-30(3,4)5;1-2/h7-12,17H,6,13-16,18H2,1-5H3;1-2H3. The SMILES string of the molecule is CC.CCOC(=O)c1nn(-c2ccc3c(c2)CCN3C(=O)OC(C)(C)C)c2c1C1(CC1)CN(c1ccc(C)cc1)C2=O. The first-order chi connectivity index (χ1) is 20.0. The van der Waals surface area contributed by atoms with Gasteiger partial charge in [0.05, 0.1) is 18.0 Å². The van der Waals surface area contributed by atoms with Gasteiger partial charge in [0.2, 0.25) is 0 Å². The third-order valence-corrected chi connectivity index (χ3v) is 7.81. The van der Waals surface area contributed by atoms with Crippen molar-refractivity contribution in [2.24, 2.45) is 0 Å². The van der Waals surface area contributed by atoms with E-state index >= 15 is 0 Å². The number of fused-ring (bicyclic) bond motifs is 3. The van der Waals surface area contributed by atoms with E-state index < -0.39 is 11.6 Å². The molecule has 3 aliphatic rings. The van der Waals surface area contributed by atoms with Gasteiger partial charge in [-0.25, -0.2) is 14.3 Å². The number of nitrogens with zero attached hydrogens (tertiary/aromatic N) is 4. The van der Waals surface area contributed by atoms with E-state index in [0.29, 0.717) is 36.5 Å². The van der Waals surface area contributed by atoms with E-state index in [0.717, 1.165) is 35.3 Å². The molecular weight excluding hydrogens is 532 g/mol. The van der Waals surface area contributed by atoms with E-state index in [2.05, 4.69) is 0 Å². The number of aromatic nitrogens is 2. The second-order valence-electron chi connectivity index (χ2n) is 11.9. The number of rotatable bonds is 4. The third-order valence-electron chi connectivity index (χ3n) is 7.81. The molecule has 0 bridgehead atoms. The van der Waals surface area contributed by atoms with Crippen LogP contribution in [0.25, 0.3) is 5.69 Å². The van der Waals surface area contributed by atoms with E-state index in [1.165, 1.54) is 0 Å². The Kier molecular flexibility index (Phi) is 7.64. The summed E-state index contributed by atoms with van der Waals surface area (Å²) < 4.78 is 12.6. The summed E-state index contributed by atoms with van der Waals surface area (Å²) >= 11 is 0. The molecule has 1 aromatic heterocycles. The summed E-state index contributed by atoms with van der Waals surface area (Å²) in [5.41, 5.74) is 4.68. The average molecular weight is 573 g/mol. The van der Waals surface area contributed by atoms with Crippen molar-refractivity contribution in [1.29, 1.82) is 0 Å². The number of hydrogen-bond acceptors (Lipinski definition) is 6. The summed E-state index contributed by atoms with van der Waals surface area (Å²) in [6.07, 6.45) is 1.98. The molecule has 1 fully saturated rings. The van der Waals surface area contributed by atoms with Gasteiger partial charge in [-0.1, -0.05) is 31.5 Å². The van der Waals surface area contributed by atoms with Crippen molar-refractivity contribution in [3.8, 4) is 5.69 Å². The van der Waals surface area contributed by atoms with Crippen molar-refractivity contribution in [3.05, 3.63) is 70.5 Å². The topological polar surface area (TPSA) is 94.0 Å². The van der Waals surface area contributed by atoms with Crippen LogP contribution in [-0.4, -0.2) is 53.0 Å². The number of hydrogen-bond donors (Lipinski definition) is 0. The monoisotopic (exact) mass is 572 g/mol. The highest BCUT2D eigenvalue weighted by atomic mass is 16.6. The molecule has 0 atom stereocenters. The molecule has 9 heteroatoms. The molecule has 0 N–H and O–H groups in total. The van der Waals surface area contributed by atoms with Crippen molar-refractivity contribution >= 4 is 29.3 Å². The molecule has 3 aromatic rings. The molecule has 1 spiro atoms. The van der Waals surface area contributed by atoms with Crippen molar-refractivity contribution < 1.29 is 23.9 Å². The lowest BCUT2D eigenvalue weighted by Crippen LogP contribution is -2.44. The van der Waals surface area contributed by atoms with E-state index in [1.54, 1.807) is 21.4 Å². The minimum Gasteiger partial charge on any atom is -0.461 e. The highest BCUT2D eigenvalue weighted by Crippen LogP contribution is 2.54. The number of benzene rings is 2. The van der Waals surface area contributed by atoms with Crippen molar-refractivity contribution in [3.63, 3.8) is 0 Å². The van der Waals surface area contributed by atoms with E-state index in [9.17, 15) is 14.4 Å². The summed E-state index contributed by atoms with van der Waals surface area (Å²) in [6, 6.07) is 13.6. The van der Waals surface area contributed by atoms with Gasteiger partial charge >= 0.3 is 12.1 Å². The summed E-state index contributed by atoms with van der Waals surface area (Å²) in [5.74, 6) is -0.715. The maximum absolute atomic E-state index is 14.2. The molecule has 9 nitrogen and oxygen atoms in total. The normalized spacial score (nSPS) is 16.4. The molecule has 0 radical (unpaired) electrons. The summed E-state index contributed by atoms with van der Waals surface area (Å²) in [7, 11) is 0. The second kappa shape index (κ2) is 10.9. The summed E-state index contributed by atoms with van der Waals surface area (Å²) in [4.78, 5) is 43.5. The van der Waals surface area contributed by atoms with Crippen LogP contribution >= 0.6 is 0 Å². The van der Waals surface area contributed by atoms with Crippen molar-refractivity contribution in [1.82, 2.24) is 9.78 Å². The molecule has 6 rings (SSSR count). The lowest BCUT2D eigenvalue weighted by atomic mass is 9.88. The first-order valence-electron chi connectivity index (χ1n) is 14.8. The Morgan fingerprint density at radius 1 is 1.02 bits per heavy atom. The van der Waals surface area contributed by atoms with Gasteiger partial charge in [-0.2, -0.15) is 5.10 Å². The fourth-order valence-electron chi connectivity index (χ4n) is 5.75. The molecule has 0 saturated heterocycles. The minimum atomic E-state index is -0.597. The molecule has 2 aromatic carbocycles. The smallest absolute Gasteiger partial charge is 0.414 e. The van der Waals surface area contributed by atoms with E-state index in [1.807, 2.05) is 84.0 Å². The highest BCUT2D eigenvalue weighted by Gasteiger charge is 2.56. The molecule has 0 unspecified atom stereocenters. The predicted molar refractivity (Wildman–Crippen MR) is 162 cm³/mol. The molecule has 3 heterocycles. The van der Waals surface area contributed by atoms with Crippen LogP contribution in [-0.2, 0) is 21.3 Å². The van der Waals surface area contributed by atoms with Crippen LogP contribution < -0.4 is 9.80 Å². The largest absolute Gasteiger partial charge is 0.461 e. The minimum absolute atomic E-state index is 0.199. The number of anilines is 2. The number of ether oxygens (including phenoxy) is 2.